The van der Waals surface area contributed by atoms with Crippen LogP contribution < -0.4 is 5.32 Å². The van der Waals surface area contributed by atoms with Crippen molar-refractivity contribution in [3.63, 3.8) is 0 Å². The van der Waals surface area contributed by atoms with Crippen LogP contribution in [0.15, 0.2) is 18.3 Å². The number of aromatic nitrogens is 1. The number of rotatable bonds is 7. The summed E-state index contributed by atoms with van der Waals surface area (Å²) >= 11 is 0. The Balaban J connectivity index is 2.73. The lowest BCUT2D eigenvalue weighted by Crippen LogP contribution is -2.28. The number of hydrogen-bond acceptors (Lipinski definition) is 3. The van der Waals surface area contributed by atoms with E-state index in [1.54, 1.807) is 13.2 Å². The number of nitrogens with zero attached hydrogens (tertiary/aromatic N) is 1. The Hall–Kier alpha value is -1.00. The Morgan fingerprint density at radius 3 is 2.76 bits per heavy atom. The lowest BCUT2D eigenvalue weighted by molar-refractivity contribution is 0.170. The molecule has 0 amide bonds. The zero-order chi connectivity index (χ0) is 12.7. The monoisotopic (exact) mass is 240 g/mol. The second kappa shape index (κ2) is 7.35. The third kappa shape index (κ3) is 4.40. The normalized spacial score (nSPS) is 14.6. The largest absolute Gasteiger partial charge is 0.385 e. The third-order valence-electron chi connectivity index (χ3n) is 2.84. The van der Waals surface area contributed by atoms with E-state index in [-0.39, 0.29) is 11.9 Å². The van der Waals surface area contributed by atoms with Crippen LogP contribution in [0.2, 0.25) is 0 Å². The first-order chi connectivity index (χ1) is 8.19. The fourth-order valence-electron chi connectivity index (χ4n) is 1.86. The molecular weight excluding hydrogens is 219 g/mol. The van der Waals surface area contributed by atoms with Gasteiger partial charge in [0.2, 0.25) is 0 Å². The van der Waals surface area contributed by atoms with Gasteiger partial charge in [0, 0.05) is 13.7 Å². The summed E-state index contributed by atoms with van der Waals surface area (Å²) in [6.07, 6.45) is 2.22. The molecule has 96 valence electrons. The molecule has 2 unspecified atom stereocenters. The molecule has 0 bridgehead atoms. The zero-order valence-electron chi connectivity index (χ0n) is 10.7. The van der Waals surface area contributed by atoms with Crippen LogP contribution in [0, 0.1) is 11.7 Å². The van der Waals surface area contributed by atoms with E-state index >= 15 is 0 Å². The number of ether oxygens (including phenoxy) is 1. The fourth-order valence-corrected chi connectivity index (χ4v) is 1.86. The lowest BCUT2D eigenvalue weighted by Gasteiger charge is -2.24. The standard InChI is InChI=1S/C13H21FN2O/c1-4-15-13(10(2)7-8-17-3)12-6-5-11(14)9-16-12/h5-6,9-10,13,15H,4,7-8H2,1-3H3. The van der Waals surface area contributed by atoms with Gasteiger partial charge in [0.1, 0.15) is 5.82 Å². The summed E-state index contributed by atoms with van der Waals surface area (Å²) in [4.78, 5) is 4.15. The zero-order valence-corrected chi connectivity index (χ0v) is 10.7. The highest BCUT2D eigenvalue weighted by Gasteiger charge is 2.19. The quantitative estimate of drug-likeness (QED) is 0.795. The highest BCUT2D eigenvalue weighted by Crippen LogP contribution is 2.22. The minimum absolute atomic E-state index is 0.149. The Kier molecular flexibility index (Phi) is 6.08. The first-order valence-electron chi connectivity index (χ1n) is 6.02. The molecule has 1 heterocycles. The molecule has 17 heavy (non-hydrogen) atoms. The fraction of sp³-hybridized carbons (Fsp3) is 0.615. The van der Waals surface area contributed by atoms with Crippen LogP contribution >= 0.6 is 0 Å². The van der Waals surface area contributed by atoms with E-state index in [1.165, 1.54) is 12.3 Å². The molecule has 0 spiro atoms. The summed E-state index contributed by atoms with van der Waals surface area (Å²) < 4.78 is 17.9. The third-order valence-corrected chi connectivity index (χ3v) is 2.84. The van der Waals surface area contributed by atoms with Crippen molar-refractivity contribution in [3.8, 4) is 0 Å². The van der Waals surface area contributed by atoms with E-state index < -0.39 is 0 Å². The minimum Gasteiger partial charge on any atom is -0.385 e. The Morgan fingerprint density at radius 2 is 2.24 bits per heavy atom. The van der Waals surface area contributed by atoms with E-state index in [9.17, 15) is 4.39 Å². The van der Waals surface area contributed by atoms with E-state index in [2.05, 4.69) is 24.1 Å². The van der Waals surface area contributed by atoms with Gasteiger partial charge >= 0.3 is 0 Å². The van der Waals surface area contributed by atoms with Gasteiger partial charge in [-0.25, -0.2) is 4.39 Å². The highest BCUT2D eigenvalue weighted by atomic mass is 19.1. The molecular formula is C13H21FN2O. The first kappa shape index (κ1) is 14.1. The summed E-state index contributed by atoms with van der Waals surface area (Å²) in [6.45, 7) is 5.79. The molecule has 1 aromatic rings. The van der Waals surface area contributed by atoms with Gasteiger partial charge < -0.3 is 10.1 Å². The molecule has 4 heteroatoms. The van der Waals surface area contributed by atoms with Crippen molar-refractivity contribution in [3.05, 3.63) is 29.8 Å². The number of methoxy groups -OCH3 is 1. The van der Waals surface area contributed by atoms with E-state index in [0.29, 0.717) is 5.92 Å². The maximum atomic E-state index is 12.8. The summed E-state index contributed by atoms with van der Waals surface area (Å²) in [5.74, 6) is 0.0985. The smallest absolute Gasteiger partial charge is 0.141 e. The van der Waals surface area contributed by atoms with Gasteiger partial charge in [-0.1, -0.05) is 13.8 Å². The number of pyridine rings is 1. The molecule has 0 aromatic carbocycles. The van der Waals surface area contributed by atoms with Crippen LogP contribution in [0.1, 0.15) is 32.0 Å². The molecule has 3 nitrogen and oxygen atoms in total. The topological polar surface area (TPSA) is 34.2 Å². The van der Waals surface area contributed by atoms with Gasteiger partial charge in [-0.3, -0.25) is 4.98 Å². The number of nitrogens with one attached hydrogen (secondary N) is 1. The summed E-state index contributed by atoms with van der Waals surface area (Å²) in [5.41, 5.74) is 0.886. The van der Waals surface area contributed by atoms with E-state index in [4.69, 9.17) is 4.74 Å². The predicted octanol–water partition coefficient (Wildman–Crippen LogP) is 2.54. The molecule has 0 saturated heterocycles. The number of hydrogen-bond donors (Lipinski definition) is 1. The van der Waals surface area contributed by atoms with Crippen molar-refractivity contribution in [1.82, 2.24) is 10.3 Å². The Morgan fingerprint density at radius 1 is 1.47 bits per heavy atom. The molecule has 0 aliphatic carbocycles. The molecule has 0 radical (unpaired) electrons. The van der Waals surface area contributed by atoms with Crippen molar-refractivity contribution in [2.24, 2.45) is 5.92 Å². The predicted molar refractivity (Wildman–Crippen MR) is 66.3 cm³/mol. The Labute approximate surface area is 102 Å². The molecule has 1 N–H and O–H groups in total. The minimum atomic E-state index is -0.298. The summed E-state index contributed by atoms with van der Waals surface area (Å²) in [7, 11) is 1.70. The van der Waals surface area contributed by atoms with Crippen LogP contribution in [0.25, 0.3) is 0 Å². The summed E-state index contributed by atoms with van der Waals surface area (Å²) in [5, 5.41) is 3.39. The Bertz CT molecular complexity index is 316. The summed E-state index contributed by atoms with van der Waals surface area (Å²) in [6, 6.07) is 3.34. The van der Waals surface area contributed by atoms with Crippen molar-refractivity contribution < 1.29 is 9.13 Å². The van der Waals surface area contributed by atoms with E-state index in [0.717, 1.165) is 25.3 Å². The molecule has 0 aliphatic heterocycles. The second-order valence-electron chi connectivity index (χ2n) is 4.20. The van der Waals surface area contributed by atoms with Gasteiger partial charge in [0.15, 0.2) is 0 Å². The highest BCUT2D eigenvalue weighted by molar-refractivity contribution is 5.10. The van der Waals surface area contributed by atoms with Crippen LogP contribution in [0.4, 0.5) is 4.39 Å². The average Bonchev–Trinajstić information content (AvgIpc) is 2.34. The van der Waals surface area contributed by atoms with Crippen molar-refractivity contribution in [2.45, 2.75) is 26.3 Å². The van der Waals surface area contributed by atoms with Crippen molar-refractivity contribution >= 4 is 0 Å². The molecule has 2 atom stereocenters. The van der Waals surface area contributed by atoms with Crippen molar-refractivity contribution in [1.29, 1.82) is 0 Å². The maximum Gasteiger partial charge on any atom is 0.141 e. The van der Waals surface area contributed by atoms with Crippen LogP contribution in [0.3, 0.4) is 0 Å². The van der Waals surface area contributed by atoms with Crippen LogP contribution in [-0.4, -0.2) is 25.2 Å². The van der Waals surface area contributed by atoms with Gasteiger partial charge in [-0.15, -0.1) is 0 Å². The van der Waals surface area contributed by atoms with E-state index in [1.807, 2.05) is 0 Å². The molecule has 1 rings (SSSR count). The van der Waals surface area contributed by atoms with Gasteiger partial charge in [-0.2, -0.15) is 0 Å². The average molecular weight is 240 g/mol. The van der Waals surface area contributed by atoms with Crippen molar-refractivity contribution in [2.75, 3.05) is 20.3 Å². The van der Waals surface area contributed by atoms with Crippen LogP contribution in [-0.2, 0) is 4.74 Å². The van der Waals surface area contributed by atoms with Gasteiger partial charge in [-0.05, 0) is 31.0 Å². The number of halogens is 1. The van der Waals surface area contributed by atoms with Gasteiger partial charge in [0.05, 0.1) is 17.9 Å². The SMILES string of the molecule is CCNC(c1ccc(F)cn1)C(C)CCOC. The molecule has 0 aliphatic rings. The van der Waals surface area contributed by atoms with Crippen LogP contribution in [0.5, 0.6) is 0 Å². The molecule has 1 aromatic heterocycles. The maximum absolute atomic E-state index is 12.8. The van der Waals surface area contributed by atoms with Gasteiger partial charge in [0.25, 0.3) is 0 Å². The molecule has 0 saturated carbocycles. The second-order valence-corrected chi connectivity index (χ2v) is 4.20. The lowest BCUT2D eigenvalue weighted by atomic mass is 9.95. The molecule has 0 fully saturated rings. The first-order valence-corrected chi connectivity index (χ1v) is 6.02.